The molecule has 1 rings (SSSR count). The zero-order chi connectivity index (χ0) is 14.5. The first-order chi connectivity index (χ1) is 8.88. The van der Waals surface area contributed by atoms with Crippen molar-refractivity contribution in [2.24, 2.45) is 0 Å². The third kappa shape index (κ3) is 4.64. The van der Waals surface area contributed by atoms with Crippen molar-refractivity contribution in [3.63, 3.8) is 0 Å². The van der Waals surface area contributed by atoms with Gasteiger partial charge in [0.15, 0.2) is 0 Å². The third-order valence-corrected chi connectivity index (χ3v) is 6.65. The maximum absolute atomic E-state index is 12.5. The van der Waals surface area contributed by atoms with Crippen LogP contribution in [0.1, 0.15) is 6.92 Å². The van der Waals surface area contributed by atoms with Crippen LogP contribution in [0.15, 0.2) is 30.3 Å². The lowest BCUT2D eigenvalue weighted by Gasteiger charge is -2.29. The minimum atomic E-state index is -1.74. The van der Waals surface area contributed by atoms with Crippen molar-refractivity contribution < 1.29 is 9.53 Å². The van der Waals surface area contributed by atoms with Crippen LogP contribution >= 0.6 is 11.6 Å². The SMILES string of the molecule is CCOCN(C(=O)C(Cl)[Si](C)(C)C)c1ccccc1. The van der Waals surface area contributed by atoms with Crippen LogP contribution in [-0.2, 0) is 9.53 Å². The van der Waals surface area contributed by atoms with E-state index in [2.05, 4.69) is 19.6 Å². The Morgan fingerprint density at radius 3 is 2.37 bits per heavy atom. The van der Waals surface area contributed by atoms with Gasteiger partial charge in [0.05, 0.1) is 8.07 Å². The van der Waals surface area contributed by atoms with Gasteiger partial charge in [0, 0.05) is 12.3 Å². The summed E-state index contributed by atoms with van der Waals surface area (Å²) < 4.78 is 5.40. The zero-order valence-electron chi connectivity index (χ0n) is 12.0. The summed E-state index contributed by atoms with van der Waals surface area (Å²) >= 11 is 6.35. The summed E-state index contributed by atoms with van der Waals surface area (Å²) in [6.07, 6.45) is 0. The molecule has 1 atom stereocenters. The second-order valence-corrected chi connectivity index (χ2v) is 11.6. The molecule has 0 aromatic heterocycles. The van der Waals surface area contributed by atoms with Gasteiger partial charge in [-0.15, -0.1) is 11.6 Å². The summed E-state index contributed by atoms with van der Waals surface area (Å²) in [5, 5.41) is -0.451. The molecule has 19 heavy (non-hydrogen) atoms. The molecule has 0 heterocycles. The number of para-hydroxylation sites is 1. The van der Waals surface area contributed by atoms with Gasteiger partial charge in [-0.1, -0.05) is 37.8 Å². The fourth-order valence-corrected chi connectivity index (χ4v) is 2.58. The van der Waals surface area contributed by atoms with Gasteiger partial charge >= 0.3 is 0 Å². The third-order valence-electron chi connectivity index (χ3n) is 2.74. The number of benzene rings is 1. The molecule has 0 aliphatic rings. The molecular weight excluding hydrogens is 278 g/mol. The fraction of sp³-hybridized carbons (Fsp3) is 0.500. The van der Waals surface area contributed by atoms with Gasteiger partial charge in [0.25, 0.3) is 0 Å². The molecular formula is C14H22ClNO2Si. The summed E-state index contributed by atoms with van der Waals surface area (Å²) in [6.45, 7) is 8.99. The normalized spacial score (nSPS) is 13.1. The van der Waals surface area contributed by atoms with Crippen molar-refractivity contribution >= 4 is 31.3 Å². The number of carbonyl (C=O) groups excluding carboxylic acids is 1. The van der Waals surface area contributed by atoms with Gasteiger partial charge in [-0.25, -0.2) is 0 Å². The standard InChI is InChI=1S/C14H22ClNO2Si/c1-5-18-11-16(12-9-7-6-8-10-12)14(17)13(15)19(2,3)4/h6-10,13H,5,11H2,1-4H3. The van der Waals surface area contributed by atoms with E-state index < -0.39 is 13.1 Å². The largest absolute Gasteiger partial charge is 0.361 e. The van der Waals surface area contributed by atoms with Gasteiger partial charge in [0.2, 0.25) is 5.91 Å². The maximum atomic E-state index is 12.5. The van der Waals surface area contributed by atoms with Gasteiger partial charge in [-0.2, -0.15) is 0 Å². The number of hydrogen-bond donors (Lipinski definition) is 0. The molecule has 5 heteroatoms. The Morgan fingerprint density at radius 1 is 1.32 bits per heavy atom. The Hall–Kier alpha value is -0.843. The number of rotatable bonds is 6. The molecule has 0 aliphatic carbocycles. The molecule has 0 radical (unpaired) electrons. The molecule has 1 aromatic carbocycles. The van der Waals surface area contributed by atoms with Crippen LogP contribution in [0.2, 0.25) is 19.6 Å². The summed E-state index contributed by atoms with van der Waals surface area (Å²) in [7, 11) is -1.74. The van der Waals surface area contributed by atoms with Crippen molar-refractivity contribution in [1.29, 1.82) is 0 Å². The monoisotopic (exact) mass is 299 g/mol. The van der Waals surface area contributed by atoms with E-state index in [4.69, 9.17) is 16.3 Å². The quantitative estimate of drug-likeness (QED) is 0.457. The highest BCUT2D eigenvalue weighted by Gasteiger charge is 2.34. The molecule has 0 aliphatic heterocycles. The first kappa shape index (κ1) is 16.2. The van der Waals surface area contributed by atoms with E-state index >= 15 is 0 Å². The lowest BCUT2D eigenvalue weighted by atomic mass is 10.3. The molecule has 1 unspecified atom stereocenters. The lowest BCUT2D eigenvalue weighted by molar-refractivity contribution is -0.118. The summed E-state index contributed by atoms with van der Waals surface area (Å²) in [6, 6.07) is 9.51. The van der Waals surface area contributed by atoms with E-state index in [-0.39, 0.29) is 12.6 Å². The van der Waals surface area contributed by atoms with E-state index in [0.717, 1.165) is 5.69 Å². The molecule has 0 fully saturated rings. The molecule has 0 spiro atoms. The molecule has 0 bridgehead atoms. The summed E-state index contributed by atoms with van der Waals surface area (Å²) in [4.78, 5) is 14.2. The number of nitrogens with zero attached hydrogens (tertiary/aromatic N) is 1. The second-order valence-electron chi connectivity index (χ2n) is 5.45. The molecule has 3 nitrogen and oxygen atoms in total. The predicted molar refractivity (Wildman–Crippen MR) is 83.4 cm³/mol. The Morgan fingerprint density at radius 2 is 1.89 bits per heavy atom. The van der Waals surface area contributed by atoms with Gasteiger partial charge in [-0.3, -0.25) is 9.69 Å². The van der Waals surface area contributed by atoms with Crippen LogP contribution in [0, 0.1) is 0 Å². The highest BCUT2D eigenvalue weighted by molar-refractivity contribution is 6.88. The van der Waals surface area contributed by atoms with Gasteiger partial charge in [0.1, 0.15) is 11.7 Å². The van der Waals surface area contributed by atoms with Gasteiger partial charge < -0.3 is 4.74 Å². The lowest BCUT2D eigenvalue weighted by Crippen LogP contribution is -2.48. The number of halogens is 1. The number of amides is 1. The Bertz CT molecular complexity index is 406. The van der Waals surface area contributed by atoms with Crippen LogP contribution < -0.4 is 4.90 Å². The second kappa shape index (κ2) is 7.08. The number of anilines is 1. The van der Waals surface area contributed by atoms with Crippen LogP contribution in [0.25, 0.3) is 0 Å². The van der Waals surface area contributed by atoms with Crippen LogP contribution in [0.3, 0.4) is 0 Å². The Kier molecular flexibility index (Phi) is 6.04. The zero-order valence-corrected chi connectivity index (χ0v) is 13.8. The molecule has 106 valence electrons. The van der Waals surface area contributed by atoms with Gasteiger partial charge in [-0.05, 0) is 19.1 Å². The summed E-state index contributed by atoms with van der Waals surface area (Å²) in [5.41, 5.74) is 0.824. The van der Waals surface area contributed by atoms with Crippen molar-refractivity contribution in [3.05, 3.63) is 30.3 Å². The first-order valence-corrected chi connectivity index (χ1v) is 10.5. The maximum Gasteiger partial charge on any atom is 0.243 e. The van der Waals surface area contributed by atoms with E-state index in [9.17, 15) is 4.79 Å². The predicted octanol–water partition coefficient (Wildman–Crippen LogP) is 3.50. The topological polar surface area (TPSA) is 29.5 Å². The molecule has 1 amide bonds. The van der Waals surface area contributed by atoms with E-state index in [1.165, 1.54) is 0 Å². The van der Waals surface area contributed by atoms with Crippen LogP contribution in [0.5, 0.6) is 0 Å². The number of hydrogen-bond acceptors (Lipinski definition) is 2. The molecule has 1 aromatic rings. The Balaban J connectivity index is 2.95. The van der Waals surface area contributed by atoms with E-state index in [1.54, 1.807) is 4.90 Å². The van der Waals surface area contributed by atoms with Crippen LogP contribution in [0.4, 0.5) is 5.69 Å². The van der Waals surface area contributed by atoms with Crippen molar-refractivity contribution in [1.82, 2.24) is 0 Å². The summed E-state index contributed by atoms with van der Waals surface area (Å²) in [5.74, 6) is -0.0690. The highest BCUT2D eigenvalue weighted by atomic mass is 35.5. The number of alkyl halides is 1. The smallest absolute Gasteiger partial charge is 0.243 e. The van der Waals surface area contributed by atoms with Crippen LogP contribution in [-0.4, -0.2) is 32.3 Å². The van der Waals surface area contributed by atoms with Crippen molar-refractivity contribution in [2.75, 3.05) is 18.2 Å². The Labute approximate surface area is 121 Å². The molecule has 0 saturated heterocycles. The van der Waals surface area contributed by atoms with Crippen molar-refractivity contribution in [2.45, 2.75) is 31.6 Å². The van der Waals surface area contributed by atoms with E-state index in [1.807, 2.05) is 37.3 Å². The van der Waals surface area contributed by atoms with Crippen molar-refractivity contribution in [3.8, 4) is 0 Å². The minimum absolute atomic E-state index is 0.0690. The average Bonchev–Trinajstić information content (AvgIpc) is 2.38. The fourth-order valence-electron chi connectivity index (χ4n) is 1.56. The highest BCUT2D eigenvalue weighted by Crippen LogP contribution is 2.21. The number of ether oxygens (including phenoxy) is 1. The minimum Gasteiger partial charge on any atom is -0.361 e. The first-order valence-electron chi connectivity index (χ1n) is 6.46. The van der Waals surface area contributed by atoms with E-state index in [0.29, 0.717) is 6.61 Å². The number of carbonyl (C=O) groups is 1. The average molecular weight is 300 g/mol. The molecule has 0 saturated carbocycles. The molecule has 0 N–H and O–H groups in total.